The van der Waals surface area contributed by atoms with Gasteiger partial charge in [0.15, 0.2) is 0 Å². The predicted octanol–water partition coefficient (Wildman–Crippen LogP) is 0.341. The largest absolute Gasteiger partial charge is 0.481 e. The second-order valence-corrected chi connectivity index (χ2v) is 1.04. The van der Waals surface area contributed by atoms with E-state index in [0.29, 0.717) is 0 Å². The quantitative estimate of drug-likeness (QED) is 0.483. The summed E-state index contributed by atoms with van der Waals surface area (Å²) in [4.78, 5) is 18.0. The van der Waals surface area contributed by atoms with Gasteiger partial charge in [0.05, 0.1) is 0 Å². The van der Waals surface area contributed by atoms with E-state index < -0.39 is 11.9 Å². The van der Waals surface area contributed by atoms with Gasteiger partial charge in [-0.25, -0.2) is 0 Å². The normalized spacial score (nSPS) is 5.00. The summed E-state index contributed by atoms with van der Waals surface area (Å²) in [6.07, 6.45) is 0. The molecule has 0 aliphatic rings. The van der Waals surface area contributed by atoms with E-state index >= 15 is 0 Å². The van der Waals surface area contributed by atoms with Gasteiger partial charge in [0.1, 0.15) is 0 Å². The Morgan fingerprint density at radius 3 is 1.00 bits per heavy atom. The first kappa shape index (κ1) is 22.7. The van der Waals surface area contributed by atoms with Gasteiger partial charge in [-0.1, -0.05) is 0 Å². The van der Waals surface area contributed by atoms with E-state index in [0.717, 1.165) is 13.8 Å². The van der Waals surface area contributed by atoms with Crippen LogP contribution in [0.2, 0.25) is 0 Å². The zero-order valence-corrected chi connectivity index (χ0v) is 6.72. The summed E-state index contributed by atoms with van der Waals surface area (Å²) in [5, 5.41) is 14.8. The third-order valence-corrected chi connectivity index (χ3v) is 0. The van der Waals surface area contributed by atoms with Crippen LogP contribution in [0.25, 0.3) is 0 Å². The second-order valence-electron chi connectivity index (χ2n) is 1.04. The molecule has 66 valence electrons. The molecular weight excluding hydrogens is 185 g/mol. The zero-order chi connectivity index (χ0) is 7.15. The summed E-state index contributed by atoms with van der Waals surface area (Å²) < 4.78 is 0. The van der Waals surface area contributed by atoms with Crippen LogP contribution in [0.5, 0.6) is 0 Å². The molecule has 0 atom stereocenters. The average molecular weight is 196 g/mol. The van der Waals surface area contributed by atoms with E-state index in [-0.39, 0.29) is 22.6 Å². The Morgan fingerprint density at radius 1 is 1.00 bits per heavy atom. The number of rotatable bonds is 0. The first-order valence-corrected chi connectivity index (χ1v) is 1.86. The topological polar surface area (TPSA) is 110 Å². The van der Waals surface area contributed by atoms with Crippen LogP contribution in [-0.4, -0.2) is 22.2 Å². The smallest absolute Gasteiger partial charge is 0.300 e. The molecule has 0 saturated heterocycles. The Morgan fingerprint density at radius 2 is 1.00 bits per heavy atom. The van der Waals surface area contributed by atoms with E-state index in [1.54, 1.807) is 0 Å². The van der Waals surface area contributed by atoms with Gasteiger partial charge in [0, 0.05) is 30.3 Å². The first-order valence-electron chi connectivity index (χ1n) is 1.86. The molecule has 0 amide bonds. The van der Waals surface area contributed by atoms with Crippen LogP contribution in [0.4, 0.5) is 0 Å². The zero-order valence-electron chi connectivity index (χ0n) is 5.73. The fourth-order valence-electron chi connectivity index (χ4n) is 0. The minimum Gasteiger partial charge on any atom is -0.481 e. The van der Waals surface area contributed by atoms with Crippen molar-refractivity contribution in [2.45, 2.75) is 13.8 Å². The van der Waals surface area contributed by atoms with Gasteiger partial charge in [-0.3, -0.25) is 9.59 Å². The van der Waals surface area contributed by atoms with Gasteiger partial charge in [-0.2, -0.15) is 0 Å². The molecule has 0 aliphatic heterocycles. The van der Waals surface area contributed by atoms with E-state index in [1.165, 1.54) is 0 Å². The summed E-state index contributed by atoms with van der Waals surface area (Å²) in [6.45, 7) is 2.17. The fraction of sp³-hybridized carbons (Fsp3) is 0.500. The van der Waals surface area contributed by atoms with Crippen molar-refractivity contribution < 1.29 is 36.3 Å². The minimum atomic E-state index is -0.833. The summed E-state index contributed by atoms with van der Waals surface area (Å²) in [6, 6.07) is 0. The molecule has 0 rings (SSSR count). The van der Waals surface area contributed by atoms with Crippen molar-refractivity contribution in [3.05, 3.63) is 0 Å². The average Bonchev–Trinajstić information content (AvgIpc) is 1.25. The second kappa shape index (κ2) is 15.8. The number of hydrogen-bond acceptors (Lipinski definition) is 3. The van der Waals surface area contributed by atoms with Gasteiger partial charge < -0.3 is 16.4 Å². The van der Waals surface area contributed by atoms with Crippen LogP contribution in [-0.2, 0) is 26.1 Å². The van der Waals surface area contributed by atoms with Crippen LogP contribution in [0.1, 0.15) is 13.8 Å². The van der Waals surface area contributed by atoms with Gasteiger partial charge >= 0.3 is 0 Å². The van der Waals surface area contributed by atoms with Crippen molar-refractivity contribution >= 4 is 11.9 Å². The van der Waals surface area contributed by atoms with Crippen LogP contribution in [0.15, 0.2) is 0 Å². The molecule has 0 saturated carbocycles. The Hall–Kier alpha value is -0.606. The maximum Gasteiger partial charge on any atom is 0.300 e. The van der Waals surface area contributed by atoms with Crippen molar-refractivity contribution in [1.82, 2.24) is 6.15 Å². The van der Waals surface area contributed by atoms with Gasteiger partial charge in [0.25, 0.3) is 11.9 Å². The fourth-order valence-corrected chi connectivity index (χ4v) is 0. The van der Waals surface area contributed by atoms with E-state index in [2.05, 4.69) is 0 Å². The predicted molar refractivity (Wildman–Crippen MR) is 31.6 cm³/mol. The molecule has 6 heteroatoms. The Kier molecular flexibility index (Phi) is 35.9. The molecule has 0 radical (unpaired) electrons. The van der Waals surface area contributed by atoms with Crippen molar-refractivity contribution in [1.29, 1.82) is 0 Å². The van der Waals surface area contributed by atoms with Crippen molar-refractivity contribution in [2.24, 2.45) is 0 Å². The number of hydrogen-bond donors (Lipinski definition) is 3. The maximum atomic E-state index is 9.00. The SMILES string of the molecule is CC(=O)O.CC(=O)O.N.[Ni]. The van der Waals surface area contributed by atoms with Crippen molar-refractivity contribution in [3.8, 4) is 0 Å². The number of carboxylic acid groups (broad SMARTS) is 2. The molecule has 0 aromatic heterocycles. The molecule has 0 aromatic carbocycles. The molecule has 0 unspecified atom stereocenters. The Bertz CT molecular complexity index is 75.3. The van der Waals surface area contributed by atoms with Gasteiger partial charge in [-0.15, -0.1) is 0 Å². The number of carboxylic acids is 2. The Labute approximate surface area is 68.9 Å². The maximum absolute atomic E-state index is 9.00. The standard InChI is InChI=1S/2C2H4O2.H3N.Ni/c2*1-2(3)4;;/h2*1H3,(H,3,4);1H3;. The van der Waals surface area contributed by atoms with E-state index in [9.17, 15) is 0 Å². The third-order valence-electron chi connectivity index (χ3n) is 0. The van der Waals surface area contributed by atoms with Crippen molar-refractivity contribution in [2.75, 3.05) is 0 Å². The number of carbonyl (C=O) groups is 2. The number of aliphatic carboxylic acids is 2. The van der Waals surface area contributed by atoms with Crippen LogP contribution < -0.4 is 6.15 Å². The van der Waals surface area contributed by atoms with Crippen LogP contribution in [0.3, 0.4) is 0 Å². The molecule has 0 fully saturated rings. The molecule has 10 heavy (non-hydrogen) atoms. The molecular formula is C4H11NNiO4. The third kappa shape index (κ3) is 822. The molecule has 0 aromatic rings. The van der Waals surface area contributed by atoms with Crippen molar-refractivity contribution in [3.63, 3.8) is 0 Å². The monoisotopic (exact) mass is 195 g/mol. The van der Waals surface area contributed by atoms with Gasteiger partial charge in [0.2, 0.25) is 0 Å². The summed E-state index contributed by atoms with van der Waals surface area (Å²) in [5.74, 6) is -1.67. The summed E-state index contributed by atoms with van der Waals surface area (Å²) >= 11 is 0. The molecule has 0 spiro atoms. The molecule has 0 bridgehead atoms. The molecule has 0 aliphatic carbocycles. The minimum absolute atomic E-state index is 0. The van der Waals surface area contributed by atoms with Crippen LogP contribution >= 0.6 is 0 Å². The molecule has 5 N–H and O–H groups in total. The first-order chi connectivity index (χ1) is 3.46. The molecule has 0 heterocycles. The summed E-state index contributed by atoms with van der Waals surface area (Å²) in [5.41, 5.74) is 0. The molecule has 5 nitrogen and oxygen atoms in total. The van der Waals surface area contributed by atoms with E-state index in [1.807, 2.05) is 0 Å². The van der Waals surface area contributed by atoms with E-state index in [4.69, 9.17) is 19.8 Å². The van der Waals surface area contributed by atoms with Crippen LogP contribution in [0, 0.1) is 0 Å². The van der Waals surface area contributed by atoms with Gasteiger partial charge in [-0.05, 0) is 0 Å². The summed E-state index contributed by atoms with van der Waals surface area (Å²) in [7, 11) is 0. The Balaban J connectivity index is -0.0000000300.